The molecule has 1 unspecified atom stereocenters. The van der Waals surface area contributed by atoms with Gasteiger partial charge in [0, 0.05) is 11.6 Å². The Labute approximate surface area is 68.3 Å². The highest BCUT2D eigenvalue weighted by Crippen LogP contribution is 2.21. The Kier molecular flexibility index (Phi) is 2.53. The zero-order valence-electron chi connectivity index (χ0n) is 7.17. The fourth-order valence-corrected chi connectivity index (χ4v) is 1.28. The Bertz CT molecular complexity index is 221. The van der Waals surface area contributed by atoms with Crippen molar-refractivity contribution in [1.29, 1.82) is 0 Å². The van der Waals surface area contributed by atoms with Crippen LogP contribution in [0.15, 0.2) is 35.6 Å². The van der Waals surface area contributed by atoms with E-state index in [1.165, 1.54) is 5.57 Å². The molecule has 0 bridgehead atoms. The zero-order valence-corrected chi connectivity index (χ0v) is 7.17. The van der Waals surface area contributed by atoms with Gasteiger partial charge in [-0.1, -0.05) is 29.9 Å². The van der Waals surface area contributed by atoms with Crippen molar-refractivity contribution in [2.45, 2.75) is 20.3 Å². The molecule has 0 radical (unpaired) electrons. The lowest BCUT2D eigenvalue weighted by Crippen LogP contribution is -2.11. The maximum atomic E-state index is 5.79. The number of hydrogen-bond acceptors (Lipinski definition) is 1. The van der Waals surface area contributed by atoms with Gasteiger partial charge in [-0.2, -0.15) is 0 Å². The van der Waals surface area contributed by atoms with E-state index in [1.54, 1.807) is 0 Å². The third kappa shape index (κ3) is 1.97. The molecular formula is C10H15N. The van der Waals surface area contributed by atoms with Crippen molar-refractivity contribution in [3.8, 4) is 0 Å². The van der Waals surface area contributed by atoms with Crippen LogP contribution in [0.2, 0.25) is 0 Å². The van der Waals surface area contributed by atoms with Gasteiger partial charge >= 0.3 is 0 Å². The van der Waals surface area contributed by atoms with Crippen LogP contribution >= 0.6 is 0 Å². The van der Waals surface area contributed by atoms with Gasteiger partial charge in [-0.25, -0.2) is 0 Å². The molecule has 0 aromatic heterocycles. The van der Waals surface area contributed by atoms with Crippen molar-refractivity contribution in [2.75, 3.05) is 0 Å². The number of hydrogen-bond donors (Lipinski definition) is 1. The van der Waals surface area contributed by atoms with Gasteiger partial charge in [0.1, 0.15) is 0 Å². The van der Waals surface area contributed by atoms with Gasteiger partial charge in [0.15, 0.2) is 0 Å². The van der Waals surface area contributed by atoms with Crippen LogP contribution in [0, 0.1) is 5.92 Å². The molecule has 1 nitrogen and oxygen atoms in total. The lowest BCUT2D eigenvalue weighted by molar-refractivity contribution is 0.724. The van der Waals surface area contributed by atoms with Gasteiger partial charge in [0.05, 0.1) is 0 Å². The summed E-state index contributed by atoms with van der Waals surface area (Å²) in [4.78, 5) is 0. The molecule has 1 heteroatoms. The summed E-state index contributed by atoms with van der Waals surface area (Å²) in [5.74, 6) is 0.435. The summed E-state index contributed by atoms with van der Waals surface area (Å²) in [5, 5.41) is 0. The average molecular weight is 149 g/mol. The van der Waals surface area contributed by atoms with Crippen molar-refractivity contribution in [1.82, 2.24) is 0 Å². The normalized spacial score (nSPS) is 25.1. The second-order valence-electron chi connectivity index (χ2n) is 3.00. The van der Waals surface area contributed by atoms with E-state index in [0.29, 0.717) is 5.92 Å². The molecule has 0 saturated heterocycles. The van der Waals surface area contributed by atoms with E-state index in [2.05, 4.69) is 25.2 Å². The van der Waals surface area contributed by atoms with Crippen molar-refractivity contribution < 1.29 is 0 Å². The minimum absolute atomic E-state index is 0.435. The van der Waals surface area contributed by atoms with Crippen molar-refractivity contribution >= 4 is 0 Å². The maximum Gasteiger partial charge on any atom is 0.0201 e. The fraction of sp³-hybridized carbons (Fsp3) is 0.400. The van der Waals surface area contributed by atoms with Crippen molar-refractivity contribution in [3.05, 3.63) is 35.6 Å². The summed E-state index contributed by atoms with van der Waals surface area (Å²) in [5.41, 5.74) is 8.18. The third-order valence-corrected chi connectivity index (χ3v) is 2.03. The van der Waals surface area contributed by atoms with E-state index in [-0.39, 0.29) is 0 Å². The molecule has 0 aliphatic heterocycles. The van der Waals surface area contributed by atoms with Gasteiger partial charge < -0.3 is 5.73 Å². The smallest absolute Gasteiger partial charge is 0.0201 e. The zero-order chi connectivity index (χ0) is 8.27. The van der Waals surface area contributed by atoms with E-state index in [1.807, 2.05) is 13.0 Å². The molecule has 0 aromatic rings. The van der Waals surface area contributed by atoms with Crippen LogP contribution in [0.25, 0.3) is 0 Å². The van der Waals surface area contributed by atoms with Crippen LogP contribution in [0.1, 0.15) is 20.3 Å². The first kappa shape index (κ1) is 8.12. The molecule has 0 spiro atoms. The molecule has 0 saturated carbocycles. The SMILES string of the molecule is C/C=C(\N)C1C=CC=C(C)C1. The summed E-state index contributed by atoms with van der Waals surface area (Å²) < 4.78 is 0. The van der Waals surface area contributed by atoms with Gasteiger partial charge in [-0.05, 0) is 20.3 Å². The molecule has 60 valence electrons. The van der Waals surface area contributed by atoms with Crippen LogP contribution in [0.3, 0.4) is 0 Å². The number of allylic oxidation sites excluding steroid dienone is 5. The Balaban J connectivity index is 2.66. The second kappa shape index (κ2) is 3.42. The first-order chi connectivity index (χ1) is 5.24. The van der Waals surface area contributed by atoms with Gasteiger partial charge in [-0.3, -0.25) is 0 Å². The highest BCUT2D eigenvalue weighted by Gasteiger charge is 2.09. The van der Waals surface area contributed by atoms with Gasteiger partial charge in [0.25, 0.3) is 0 Å². The highest BCUT2D eigenvalue weighted by molar-refractivity contribution is 5.24. The van der Waals surface area contributed by atoms with Gasteiger partial charge in [-0.15, -0.1) is 0 Å². The van der Waals surface area contributed by atoms with Crippen LogP contribution in [-0.2, 0) is 0 Å². The van der Waals surface area contributed by atoms with E-state index >= 15 is 0 Å². The number of nitrogens with two attached hydrogens (primary N) is 1. The standard InChI is InChI=1S/C10H15N/c1-3-10(11)9-6-4-5-8(2)7-9/h3-6,9H,7,11H2,1-2H3/b10-3-. The van der Waals surface area contributed by atoms with Crippen molar-refractivity contribution in [2.24, 2.45) is 11.7 Å². The fourth-order valence-electron chi connectivity index (χ4n) is 1.28. The summed E-state index contributed by atoms with van der Waals surface area (Å²) in [6.07, 6.45) is 9.43. The average Bonchev–Trinajstić information content (AvgIpc) is 2.03. The molecule has 0 amide bonds. The molecule has 1 atom stereocenters. The minimum Gasteiger partial charge on any atom is -0.402 e. The van der Waals surface area contributed by atoms with Gasteiger partial charge in [0.2, 0.25) is 0 Å². The topological polar surface area (TPSA) is 26.0 Å². The van der Waals surface area contributed by atoms with E-state index in [4.69, 9.17) is 5.73 Å². The molecule has 1 aliphatic rings. The molecule has 0 aromatic carbocycles. The molecule has 1 aliphatic carbocycles. The molecule has 0 fully saturated rings. The second-order valence-corrected chi connectivity index (χ2v) is 3.00. The predicted octanol–water partition coefficient (Wildman–Crippen LogP) is 2.37. The Morgan fingerprint density at radius 3 is 3.00 bits per heavy atom. The summed E-state index contributed by atoms with van der Waals surface area (Å²) in [6.45, 7) is 4.12. The maximum absolute atomic E-state index is 5.79. The largest absolute Gasteiger partial charge is 0.402 e. The van der Waals surface area contributed by atoms with Crippen LogP contribution in [-0.4, -0.2) is 0 Å². The van der Waals surface area contributed by atoms with E-state index in [0.717, 1.165) is 12.1 Å². The van der Waals surface area contributed by atoms with Crippen LogP contribution in [0.4, 0.5) is 0 Å². The first-order valence-corrected chi connectivity index (χ1v) is 3.99. The van der Waals surface area contributed by atoms with Crippen LogP contribution in [0.5, 0.6) is 0 Å². The summed E-state index contributed by atoms with van der Waals surface area (Å²) in [6, 6.07) is 0. The lowest BCUT2D eigenvalue weighted by atomic mass is 9.92. The predicted molar refractivity (Wildman–Crippen MR) is 48.9 cm³/mol. The minimum atomic E-state index is 0.435. The van der Waals surface area contributed by atoms with E-state index < -0.39 is 0 Å². The quantitative estimate of drug-likeness (QED) is 0.608. The number of rotatable bonds is 1. The van der Waals surface area contributed by atoms with Crippen molar-refractivity contribution in [3.63, 3.8) is 0 Å². The monoisotopic (exact) mass is 149 g/mol. The molecule has 1 rings (SSSR count). The Morgan fingerprint density at radius 2 is 2.45 bits per heavy atom. The molecule has 11 heavy (non-hydrogen) atoms. The Hall–Kier alpha value is -0.980. The highest BCUT2D eigenvalue weighted by atomic mass is 14.6. The summed E-state index contributed by atoms with van der Waals surface area (Å²) in [7, 11) is 0. The first-order valence-electron chi connectivity index (χ1n) is 3.99. The molecular weight excluding hydrogens is 134 g/mol. The lowest BCUT2D eigenvalue weighted by Gasteiger charge is -2.16. The van der Waals surface area contributed by atoms with Crippen LogP contribution < -0.4 is 5.73 Å². The molecule has 2 N–H and O–H groups in total. The third-order valence-electron chi connectivity index (χ3n) is 2.03. The van der Waals surface area contributed by atoms with E-state index in [9.17, 15) is 0 Å². The Morgan fingerprint density at radius 1 is 1.73 bits per heavy atom. The molecule has 0 heterocycles. The summed E-state index contributed by atoms with van der Waals surface area (Å²) >= 11 is 0.